The van der Waals surface area contributed by atoms with Crippen LogP contribution >= 0.6 is 27.5 Å². The average Bonchev–Trinajstić information content (AvgIpc) is 2.97. The number of halogens is 2. The number of hydrogen-bond acceptors (Lipinski definition) is 4. The van der Waals surface area contributed by atoms with Gasteiger partial charge in [-0.25, -0.2) is 0 Å². The van der Waals surface area contributed by atoms with Crippen LogP contribution in [0.15, 0.2) is 34.9 Å². The van der Waals surface area contributed by atoms with Gasteiger partial charge in [-0.1, -0.05) is 23.7 Å². The molecule has 1 spiro atoms. The Morgan fingerprint density at radius 2 is 2.00 bits per heavy atom. The minimum absolute atomic E-state index is 0.0306. The summed E-state index contributed by atoms with van der Waals surface area (Å²) in [5, 5.41) is 1.78. The smallest absolute Gasteiger partial charge is 0.0912 e. The second-order valence-electron chi connectivity index (χ2n) is 7.81. The van der Waals surface area contributed by atoms with Crippen LogP contribution in [0, 0.1) is 13.8 Å². The van der Waals surface area contributed by atoms with E-state index in [2.05, 4.69) is 46.8 Å². The van der Waals surface area contributed by atoms with E-state index in [1.54, 1.807) is 0 Å². The highest BCUT2D eigenvalue weighted by Gasteiger charge is 2.46. The third kappa shape index (κ3) is 2.67. The maximum atomic E-state index is 6.51. The first-order valence-electron chi connectivity index (χ1n) is 9.57. The van der Waals surface area contributed by atoms with Crippen LogP contribution in [0.25, 0.3) is 10.9 Å². The molecule has 0 aliphatic carbocycles. The summed E-state index contributed by atoms with van der Waals surface area (Å²) in [4.78, 5) is 12.1. The molecule has 1 aromatic carbocycles. The van der Waals surface area contributed by atoms with Gasteiger partial charge in [0.05, 0.1) is 27.6 Å². The molecule has 28 heavy (non-hydrogen) atoms. The van der Waals surface area contributed by atoms with Gasteiger partial charge in [-0.15, -0.1) is 0 Å². The summed E-state index contributed by atoms with van der Waals surface area (Å²) in [7, 11) is 0. The van der Waals surface area contributed by atoms with Crippen molar-refractivity contribution in [3.8, 4) is 0 Å². The van der Waals surface area contributed by atoms with Crippen molar-refractivity contribution in [3.05, 3.63) is 56.9 Å². The van der Waals surface area contributed by atoms with Crippen molar-refractivity contribution in [2.75, 3.05) is 24.7 Å². The van der Waals surface area contributed by atoms with Crippen molar-refractivity contribution < 1.29 is 4.74 Å². The standard InChI is InChI=1S/C22H21BrClN3O/c1-13-14(2)26-19-16(4-3-5-17(19)24)20(13)27-12-22(6-8-28-9-7-22)21-18(27)10-15(23)11-25-21/h3-5,10-11H,6-9,12H2,1-2H3. The zero-order chi connectivity index (χ0) is 19.5. The molecule has 1 fully saturated rings. The Hall–Kier alpha value is -1.69. The molecule has 0 atom stereocenters. The number of rotatable bonds is 1. The Morgan fingerprint density at radius 1 is 1.21 bits per heavy atom. The summed E-state index contributed by atoms with van der Waals surface area (Å²) in [5.74, 6) is 0. The number of fused-ring (bicyclic) bond motifs is 3. The minimum Gasteiger partial charge on any atom is -0.381 e. The average molecular weight is 459 g/mol. The molecule has 0 amide bonds. The summed E-state index contributed by atoms with van der Waals surface area (Å²) in [5.41, 5.74) is 6.63. The highest BCUT2D eigenvalue weighted by Crippen LogP contribution is 2.51. The summed E-state index contributed by atoms with van der Waals surface area (Å²) >= 11 is 10.1. The van der Waals surface area contributed by atoms with Crippen LogP contribution in [0.3, 0.4) is 0 Å². The van der Waals surface area contributed by atoms with Gasteiger partial charge in [0.25, 0.3) is 0 Å². The molecule has 3 aromatic rings. The first kappa shape index (κ1) is 18.3. The molecule has 0 bridgehead atoms. The van der Waals surface area contributed by atoms with Crippen molar-refractivity contribution in [1.82, 2.24) is 9.97 Å². The lowest BCUT2D eigenvalue weighted by Gasteiger charge is -2.34. The molecule has 6 heteroatoms. The first-order chi connectivity index (χ1) is 13.5. The van der Waals surface area contributed by atoms with Crippen LogP contribution in [-0.2, 0) is 10.2 Å². The lowest BCUT2D eigenvalue weighted by atomic mass is 9.78. The molecule has 4 nitrogen and oxygen atoms in total. The Morgan fingerprint density at radius 3 is 2.79 bits per heavy atom. The molecule has 1 saturated heterocycles. The Bertz CT molecular complexity index is 1090. The number of pyridine rings is 2. The Kier molecular flexibility index (Phi) is 4.38. The van der Waals surface area contributed by atoms with Gasteiger partial charge < -0.3 is 9.64 Å². The number of ether oxygens (including phenoxy) is 1. The summed E-state index contributed by atoms with van der Waals surface area (Å²) in [6.45, 7) is 6.68. The van der Waals surface area contributed by atoms with Crippen molar-refractivity contribution in [2.24, 2.45) is 0 Å². The van der Waals surface area contributed by atoms with Gasteiger partial charge in [-0.05, 0) is 60.3 Å². The third-order valence-corrected chi connectivity index (χ3v) is 6.97. The zero-order valence-corrected chi connectivity index (χ0v) is 18.3. The highest BCUT2D eigenvalue weighted by atomic mass is 79.9. The van der Waals surface area contributed by atoms with E-state index >= 15 is 0 Å². The lowest BCUT2D eigenvalue weighted by Crippen LogP contribution is -2.38. The monoisotopic (exact) mass is 457 g/mol. The van der Waals surface area contributed by atoms with Crippen LogP contribution < -0.4 is 4.90 Å². The third-order valence-electron chi connectivity index (χ3n) is 6.23. The number of anilines is 2. The van der Waals surface area contributed by atoms with E-state index in [1.165, 1.54) is 22.6 Å². The van der Waals surface area contributed by atoms with Crippen molar-refractivity contribution in [3.63, 3.8) is 0 Å². The number of nitrogens with zero attached hydrogens (tertiary/aromatic N) is 3. The number of hydrogen-bond donors (Lipinski definition) is 0. The normalized spacial score (nSPS) is 18.1. The second kappa shape index (κ2) is 6.68. The Labute approximate surface area is 178 Å². The fraction of sp³-hybridized carbons (Fsp3) is 0.364. The molecule has 144 valence electrons. The fourth-order valence-corrected chi connectivity index (χ4v) is 5.19. The zero-order valence-electron chi connectivity index (χ0n) is 15.9. The first-order valence-corrected chi connectivity index (χ1v) is 10.7. The molecule has 2 aliphatic rings. The van der Waals surface area contributed by atoms with Gasteiger partial charge in [0, 0.05) is 46.9 Å². The maximum absolute atomic E-state index is 6.51. The van der Waals surface area contributed by atoms with Gasteiger partial charge >= 0.3 is 0 Å². The summed E-state index contributed by atoms with van der Waals surface area (Å²) in [6.07, 6.45) is 3.90. The van der Waals surface area contributed by atoms with Gasteiger partial charge in [0.2, 0.25) is 0 Å². The van der Waals surface area contributed by atoms with Crippen LogP contribution in [-0.4, -0.2) is 29.7 Å². The lowest BCUT2D eigenvalue weighted by molar-refractivity contribution is 0.0545. The number of aromatic nitrogens is 2. The van der Waals surface area contributed by atoms with Crippen molar-refractivity contribution in [2.45, 2.75) is 32.1 Å². The summed E-state index contributed by atoms with van der Waals surface area (Å²) < 4.78 is 6.67. The quantitative estimate of drug-likeness (QED) is 0.457. The van der Waals surface area contributed by atoms with Crippen LogP contribution in [0.2, 0.25) is 5.02 Å². The number of benzene rings is 1. The molecule has 0 radical (unpaired) electrons. The van der Waals surface area contributed by atoms with E-state index in [0.717, 1.165) is 53.7 Å². The second-order valence-corrected chi connectivity index (χ2v) is 9.13. The van der Waals surface area contributed by atoms with Crippen LogP contribution in [0.5, 0.6) is 0 Å². The SMILES string of the molecule is Cc1nc2c(Cl)cccc2c(N2CC3(CCOCC3)c3ncc(Br)cc32)c1C. The maximum Gasteiger partial charge on any atom is 0.0912 e. The van der Waals surface area contributed by atoms with E-state index in [9.17, 15) is 0 Å². The fourth-order valence-electron chi connectivity index (χ4n) is 4.66. The molecule has 2 aliphatic heterocycles. The van der Waals surface area contributed by atoms with E-state index in [1.807, 2.05) is 18.3 Å². The van der Waals surface area contributed by atoms with Crippen molar-refractivity contribution in [1.29, 1.82) is 0 Å². The predicted molar refractivity (Wildman–Crippen MR) is 117 cm³/mol. The molecule has 2 aromatic heterocycles. The number of aryl methyl sites for hydroxylation is 1. The highest BCUT2D eigenvalue weighted by molar-refractivity contribution is 9.10. The van der Waals surface area contributed by atoms with Gasteiger partial charge in [0.15, 0.2) is 0 Å². The molecule has 0 N–H and O–H groups in total. The largest absolute Gasteiger partial charge is 0.381 e. The Balaban J connectivity index is 1.78. The molecule has 4 heterocycles. The molecule has 0 unspecified atom stereocenters. The summed E-state index contributed by atoms with van der Waals surface area (Å²) in [6, 6.07) is 8.23. The topological polar surface area (TPSA) is 38.2 Å². The van der Waals surface area contributed by atoms with E-state index < -0.39 is 0 Å². The van der Waals surface area contributed by atoms with Crippen molar-refractivity contribution >= 4 is 49.8 Å². The van der Waals surface area contributed by atoms with Gasteiger partial charge in [-0.2, -0.15) is 0 Å². The van der Waals surface area contributed by atoms with Crippen LogP contribution in [0.4, 0.5) is 11.4 Å². The molecular formula is C22H21BrClN3O. The van der Waals surface area contributed by atoms with Gasteiger partial charge in [-0.3, -0.25) is 9.97 Å². The van der Waals surface area contributed by atoms with E-state index in [4.69, 9.17) is 26.3 Å². The predicted octanol–water partition coefficient (Wildman–Crippen LogP) is 5.86. The molecule has 5 rings (SSSR count). The molecular weight excluding hydrogens is 438 g/mol. The molecule has 0 saturated carbocycles. The number of para-hydroxylation sites is 1. The minimum atomic E-state index is 0.0306. The van der Waals surface area contributed by atoms with E-state index in [0.29, 0.717) is 5.02 Å². The van der Waals surface area contributed by atoms with E-state index in [-0.39, 0.29) is 5.41 Å². The van der Waals surface area contributed by atoms with Crippen LogP contribution in [0.1, 0.15) is 29.8 Å². The van der Waals surface area contributed by atoms with Gasteiger partial charge in [0.1, 0.15) is 0 Å².